The second-order valence-corrected chi connectivity index (χ2v) is 5.95. The van der Waals surface area contributed by atoms with E-state index < -0.39 is 0 Å². The summed E-state index contributed by atoms with van der Waals surface area (Å²) in [5.41, 5.74) is 2.47. The highest BCUT2D eigenvalue weighted by molar-refractivity contribution is 6.01. The molecule has 1 atom stereocenters. The number of carbonyl (C=O) groups is 1. The fourth-order valence-corrected chi connectivity index (χ4v) is 3.30. The Balaban J connectivity index is 1.86. The molecular formula is C19H24N2O3. The standard InChI is InChI=1S/C19H24N2O3/c1-3-24-14-7-6-10-21(13-14)19(22)17-12-20-11-16(17)15-8-4-5-9-18(15)23-2/h4-5,8-9,11-12,14,20H,3,6-7,10,13H2,1-2H3. The van der Waals surface area contributed by atoms with Crippen molar-refractivity contribution in [1.29, 1.82) is 0 Å². The predicted molar refractivity (Wildman–Crippen MR) is 93.3 cm³/mol. The van der Waals surface area contributed by atoms with Crippen molar-refractivity contribution in [2.75, 3.05) is 26.8 Å². The van der Waals surface area contributed by atoms with Gasteiger partial charge in [0.2, 0.25) is 0 Å². The summed E-state index contributed by atoms with van der Waals surface area (Å²) >= 11 is 0. The summed E-state index contributed by atoms with van der Waals surface area (Å²) in [5.74, 6) is 0.804. The van der Waals surface area contributed by atoms with Crippen LogP contribution in [-0.2, 0) is 4.74 Å². The highest BCUT2D eigenvalue weighted by Crippen LogP contribution is 2.33. The average Bonchev–Trinajstić information content (AvgIpc) is 3.11. The number of hydrogen-bond acceptors (Lipinski definition) is 3. The Labute approximate surface area is 142 Å². The topological polar surface area (TPSA) is 54.6 Å². The molecule has 2 aromatic rings. The third-order valence-corrected chi connectivity index (χ3v) is 4.44. The van der Waals surface area contributed by atoms with Crippen molar-refractivity contribution in [3.8, 4) is 16.9 Å². The number of hydrogen-bond donors (Lipinski definition) is 1. The number of para-hydroxylation sites is 1. The molecule has 1 aliphatic heterocycles. The number of benzene rings is 1. The first-order valence-electron chi connectivity index (χ1n) is 8.45. The molecule has 1 aliphatic rings. The number of H-pyrrole nitrogens is 1. The second kappa shape index (κ2) is 7.53. The highest BCUT2D eigenvalue weighted by atomic mass is 16.5. The van der Waals surface area contributed by atoms with E-state index in [4.69, 9.17) is 9.47 Å². The zero-order valence-corrected chi connectivity index (χ0v) is 14.2. The average molecular weight is 328 g/mol. The number of piperidine rings is 1. The molecule has 24 heavy (non-hydrogen) atoms. The van der Waals surface area contributed by atoms with Crippen LogP contribution in [0.25, 0.3) is 11.1 Å². The molecule has 1 fully saturated rings. The molecule has 1 saturated heterocycles. The van der Waals surface area contributed by atoms with Crippen LogP contribution in [0.2, 0.25) is 0 Å². The normalized spacial score (nSPS) is 17.8. The number of methoxy groups -OCH3 is 1. The van der Waals surface area contributed by atoms with Crippen LogP contribution in [0.4, 0.5) is 0 Å². The minimum Gasteiger partial charge on any atom is -0.496 e. The van der Waals surface area contributed by atoms with E-state index in [1.54, 1.807) is 13.3 Å². The Hall–Kier alpha value is -2.27. The molecule has 1 aromatic heterocycles. The van der Waals surface area contributed by atoms with Crippen molar-refractivity contribution < 1.29 is 14.3 Å². The van der Waals surface area contributed by atoms with Gasteiger partial charge in [0, 0.05) is 43.2 Å². The van der Waals surface area contributed by atoms with Crippen LogP contribution in [0.15, 0.2) is 36.7 Å². The van der Waals surface area contributed by atoms with E-state index in [-0.39, 0.29) is 12.0 Å². The van der Waals surface area contributed by atoms with E-state index in [9.17, 15) is 4.79 Å². The highest BCUT2D eigenvalue weighted by Gasteiger charge is 2.27. The molecule has 3 rings (SSSR count). The summed E-state index contributed by atoms with van der Waals surface area (Å²) in [6.45, 7) is 4.11. The van der Waals surface area contributed by atoms with E-state index in [0.29, 0.717) is 18.7 Å². The number of likely N-dealkylation sites (tertiary alicyclic amines) is 1. The molecule has 128 valence electrons. The van der Waals surface area contributed by atoms with Gasteiger partial charge in [-0.1, -0.05) is 18.2 Å². The third kappa shape index (κ3) is 3.31. The zero-order valence-electron chi connectivity index (χ0n) is 14.2. The number of rotatable bonds is 5. The van der Waals surface area contributed by atoms with Crippen molar-refractivity contribution in [3.63, 3.8) is 0 Å². The number of nitrogens with zero attached hydrogens (tertiary/aromatic N) is 1. The van der Waals surface area contributed by atoms with Gasteiger partial charge in [0.15, 0.2) is 0 Å². The second-order valence-electron chi connectivity index (χ2n) is 5.95. The first-order valence-corrected chi connectivity index (χ1v) is 8.45. The van der Waals surface area contributed by atoms with Crippen LogP contribution in [0, 0.1) is 0 Å². The fourth-order valence-electron chi connectivity index (χ4n) is 3.30. The van der Waals surface area contributed by atoms with Crippen molar-refractivity contribution in [2.45, 2.75) is 25.9 Å². The molecule has 0 spiro atoms. The molecule has 5 nitrogen and oxygen atoms in total. The fraction of sp³-hybridized carbons (Fsp3) is 0.421. The molecular weight excluding hydrogens is 304 g/mol. The maximum absolute atomic E-state index is 13.0. The molecule has 1 aromatic carbocycles. The van der Waals surface area contributed by atoms with Gasteiger partial charge >= 0.3 is 0 Å². The van der Waals surface area contributed by atoms with Gasteiger partial charge in [0.05, 0.1) is 18.8 Å². The number of carbonyl (C=O) groups excluding carboxylic acids is 1. The van der Waals surface area contributed by atoms with E-state index in [2.05, 4.69) is 4.98 Å². The maximum atomic E-state index is 13.0. The lowest BCUT2D eigenvalue weighted by atomic mass is 10.0. The summed E-state index contributed by atoms with van der Waals surface area (Å²) in [4.78, 5) is 18.0. The van der Waals surface area contributed by atoms with Gasteiger partial charge in [0.1, 0.15) is 5.75 Å². The first kappa shape index (κ1) is 16.6. The van der Waals surface area contributed by atoms with Crippen LogP contribution < -0.4 is 4.74 Å². The van der Waals surface area contributed by atoms with E-state index >= 15 is 0 Å². The third-order valence-electron chi connectivity index (χ3n) is 4.44. The van der Waals surface area contributed by atoms with Crippen LogP contribution in [0.5, 0.6) is 5.75 Å². The molecule has 0 aliphatic carbocycles. The van der Waals surface area contributed by atoms with Gasteiger partial charge in [-0.05, 0) is 25.8 Å². The van der Waals surface area contributed by atoms with Gasteiger partial charge in [-0.3, -0.25) is 4.79 Å². The lowest BCUT2D eigenvalue weighted by Gasteiger charge is -2.32. The largest absolute Gasteiger partial charge is 0.496 e. The van der Waals surface area contributed by atoms with Gasteiger partial charge < -0.3 is 19.4 Å². The Kier molecular flexibility index (Phi) is 5.20. The van der Waals surface area contributed by atoms with Gasteiger partial charge in [0.25, 0.3) is 5.91 Å². The molecule has 0 radical (unpaired) electrons. The minimum atomic E-state index is 0.0431. The predicted octanol–water partition coefficient (Wildman–Crippen LogP) is 3.33. The Bertz CT molecular complexity index is 693. The van der Waals surface area contributed by atoms with Crippen molar-refractivity contribution >= 4 is 5.91 Å². The van der Waals surface area contributed by atoms with Gasteiger partial charge in [-0.2, -0.15) is 0 Å². The summed E-state index contributed by atoms with van der Waals surface area (Å²) in [5, 5.41) is 0. The molecule has 1 amide bonds. The van der Waals surface area contributed by atoms with Gasteiger partial charge in [-0.15, -0.1) is 0 Å². The van der Waals surface area contributed by atoms with Crippen molar-refractivity contribution in [2.24, 2.45) is 0 Å². The monoisotopic (exact) mass is 328 g/mol. The van der Waals surface area contributed by atoms with Crippen molar-refractivity contribution in [3.05, 3.63) is 42.2 Å². The molecule has 0 bridgehead atoms. The SMILES string of the molecule is CCOC1CCCN(C(=O)c2c[nH]cc2-c2ccccc2OC)C1. The molecule has 5 heteroatoms. The molecule has 1 unspecified atom stereocenters. The number of amides is 1. The zero-order chi connectivity index (χ0) is 16.9. The molecule has 0 saturated carbocycles. The lowest BCUT2D eigenvalue weighted by molar-refractivity contribution is 0.00727. The van der Waals surface area contributed by atoms with Crippen molar-refractivity contribution in [1.82, 2.24) is 9.88 Å². The first-order chi connectivity index (χ1) is 11.7. The van der Waals surface area contributed by atoms with Crippen LogP contribution in [-0.4, -0.2) is 48.7 Å². The summed E-state index contributed by atoms with van der Waals surface area (Å²) in [7, 11) is 1.64. The van der Waals surface area contributed by atoms with Crippen LogP contribution >= 0.6 is 0 Å². The summed E-state index contributed by atoms with van der Waals surface area (Å²) < 4.78 is 11.1. The number of nitrogens with one attached hydrogen (secondary N) is 1. The number of ether oxygens (including phenoxy) is 2. The van der Waals surface area contributed by atoms with Gasteiger partial charge in [-0.25, -0.2) is 0 Å². The Morgan fingerprint density at radius 2 is 2.12 bits per heavy atom. The van der Waals surface area contributed by atoms with Crippen LogP contribution in [0.1, 0.15) is 30.1 Å². The molecule has 2 heterocycles. The minimum absolute atomic E-state index is 0.0431. The van der Waals surface area contributed by atoms with E-state index in [1.165, 1.54) is 0 Å². The Morgan fingerprint density at radius 3 is 2.92 bits per heavy atom. The molecule has 1 N–H and O–H groups in total. The summed E-state index contributed by atoms with van der Waals surface area (Å²) in [6.07, 6.45) is 5.76. The maximum Gasteiger partial charge on any atom is 0.256 e. The van der Waals surface area contributed by atoms with E-state index in [1.807, 2.05) is 42.3 Å². The number of aromatic nitrogens is 1. The smallest absolute Gasteiger partial charge is 0.256 e. The quantitative estimate of drug-likeness (QED) is 0.916. The Morgan fingerprint density at radius 1 is 1.29 bits per heavy atom. The summed E-state index contributed by atoms with van der Waals surface area (Å²) in [6, 6.07) is 7.75. The lowest BCUT2D eigenvalue weighted by Crippen LogP contribution is -2.43. The number of aromatic amines is 1. The van der Waals surface area contributed by atoms with E-state index in [0.717, 1.165) is 36.3 Å². The van der Waals surface area contributed by atoms with Crippen LogP contribution in [0.3, 0.4) is 0 Å².